The van der Waals surface area contributed by atoms with Gasteiger partial charge in [-0.1, -0.05) is 85.6 Å². The van der Waals surface area contributed by atoms with Crippen LogP contribution < -0.4 is 10.6 Å². The van der Waals surface area contributed by atoms with Crippen molar-refractivity contribution in [3.63, 3.8) is 0 Å². The van der Waals surface area contributed by atoms with Crippen LogP contribution in [0.4, 0.5) is 5.82 Å². The van der Waals surface area contributed by atoms with Gasteiger partial charge in [0.1, 0.15) is 11.6 Å². The van der Waals surface area contributed by atoms with Crippen LogP contribution in [0.3, 0.4) is 0 Å². The Morgan fingerprint density at radius 1 is 0.900 bits per heavy atom. The van der Waals surface area contributed by atoms with Crippen molar-refractivity contribution >= 4 is 33.2 Å². The summed E-state index contributed by atoms with van der Waals surface area (Å²) in [6.45, 7) is 1.10. The zero-order valence-corrected chi connectivity index (χ0v) is 23.7. The molecule has 0 spiro atoms. The standard InChI is InChI=1S/C33H31BrN4O2/c34-28-22-37-38-29(28)18-25(27-10-4-5-11-30(27)39)19-31(38)35-20-23-12-14-24(15-13-23)21-36-32(40)33(16-6-7-17-33)26-8-2-1-3-9-26/h1-5,8-15,18-19,22,35,39H,6-7,16-17,20-21H2,(H,36,40). The molecule has 40 heavy (non-hydrogen) atoms. The Hall–Kier alpha value is -4.10. The lowest BCUT2D eigenvalue weighted by atomic mass is 9.78. The van der Waals surface area contributed by atoms with Gasteiger partial charge in [0.05, 0.1) is 21.6 Å². The topological polar surface area (TPSA) is 78.7 Å². The largest absolute Gasteiger partial charge is 0.507 e. The first-order valence-corrected chi connectivity index (χ1v) is 14.4. The second-order valence-electron chi connectivity index (χ2n) is 10.4. The second-order valence-corrected chi connectivity index (χ2v) is 11.3. The van der Waals surface area contributed by atoms with Crippen LogP contribution in [0.15, 0.2) is 102 Å². The number of aromatic nitrogens is 2. The number of carbonyl (C=O) groups is 1. The van der Waals surface area contributed by atoms with E-state index in [9.17, 15) is 9.90 Å². The van der Waals surface area contributed by atoms with Crippen molar-refractivity contribution in [1.29, 1.82) is 0 Å². The summed E-state index contributed by atoms with van der Waals surface area (Å²) in [5.74, 6) is 1.18. The van der Waals surface area contributed by atoms with Gasteiger partial charge in [0.2, 0.25) is 5.91 Å². The summed E-state index contributed by atoms with van der Waals surface area (Å²) in [6, 6.07) is 29.8. The highest BCUT2D eigenvalue weighted by Gasteiger charge is 2.42. The molecule has 0 radical (unpaired) electrons. The van der Waals surface area contributed by atoms with Crippen molar-refractivity contribution in [2.45, 2.75) is 44.2 Å². The Morgan fingerprint density at radius 2 is 1.57 bits per heavy atom. The normalized spacial score (nSPS) is 14.3. The van der Waals surface area contributed by atoms with Crippen molar-refractivity contribution in [3.05, 3.63) is 118 Å². The minimum atomic E-state index is -0.414. The van der Waals surface area contributed by atoms with Gasteiger partial charge in [-0.3, -0.25) is 4.79 Å². The fourth-order valence-corrected chi connectivity index (χ4v) is 6.13. The maximum absolute atomic E-state index is 13.4. The molecule has 7 heteroatoms. The first-order chi connectivity index (χ1) is 19.5. The van der Waals surface area contributed by atoms with Gasteiger partial charge < -0.3 is 15.7 Å². The quantitative estimate of drug-likeness (QED) is 0.177. The number of pyridine rings is 1. The smallest absolute Gasteiger partial charge is 0.230 e. The highest BCUT2D eigenvalue weighted by molar-refractivity contribution is 9.10. The van der Waals surface area contributed by atoms with Crippen LogP contribution >= 0.6 is 15.9 Å². The minimum Gasteiger partial charge on any atom is -0.507 e. The Kier molecular flexibility index (Phi) is 7.30. The van der Waals surface area contributed by atoms with E-state index < -0.39 is 5.41 Å². The van der Waals surface area contributed by atoms with Crippen molar-refractivity contribution < 1.29 is 9.90 Å². The zero-order chi connectivity index (χ0) is 27.5. The molecule has 0 bridgehead atoms. The van der Waals surface area contributed by atoms with Crippen LogP contribution in [0.25, 0.3) is 16.6 Å². The molecule has 0 atom stereocenters. The summed E-state index contributed by atoms with van der Waals surface area (Å²) >= 11 is 3.59. The highest BCUT2D eigenvalue weighted by Crippen LogP contribution is 2.41. The number of nitrogens with zero attached hydrogens (tertiary/aromatic N) is 2. The van der Waals surface area contributed by atoms with Crippen LogP contribution in [-0.4, -0.2) is 20.6 Å². The fourth-order valence-electron chi connectivity index (χ4n) is 5.76. The van der Waals surface area contributed by atoms with Crippen LogP contribution in [0, 0.1) is 0 Å². The molecule has 1 aliphatic rings. The summed E-state index contributed by atoms with van der Waals surface area (Å²) in [7, 11) is 0. The highest BCUT2D eigenvalue weighted by atomic mass is 79.9. The third-order valence-corrected chi connectivity index (χ3v) is 8.57. The first kappa shape index (κ1) is 26.1. The lowest BCUT2D eigenvalue weighted by molar-refractivity contribution is -0.126. The van der Waals surface area contributed by atoms with E-state index in [-0.39, 0.29) is 11.7 Å². The van der Waals surface area contributed by atoms with Gasteiger partial charge in [-0.25, -0.2) is 4.52 Å². The average Bonchev–Trinajstić information content (AvgIpc) is 3.64. The maximum atomic E-state index is 13.4. The molecule has 0 saturated heterocycles. The van der Waals surface area contributed by atoms with Crippen LogP contribution in [0.2, 0.25) is 0 Å². The van der Waals surface area contributed by atoms with Crippen LogP contribution in [0.5, 0.6) is 5.75 Å². The molecule has 6 nitrogen and oxygen atoms in total. The number of benzene rings is 3. The first-order valence-electron chi connectivity index (χ1n) is 13.6. The Labute approximate surface area is 242 Å². The minimum absolute atomic E-state index is 0.126. The van der Waals surface area contributed by atoms with E-state index in [1.54, 1.807) is 12.3 Å². The molecule has 3 aromatic carbocycles. The molecule has 6 rings (SSSR count). The fraction of sp³-hybridized carbons (Fsp3) is 0.212. The molecule has 202 valence electrons. The molecule has 5 aromatic rings. The molecule has 1 amide bonds. The second kappa shape index (κ2) is 11.2. The van der Waals surface area contributed by atoms with E-state index in [4.69, 9.17) is 0 Å². The molecule has 1 fully saturated rings. The number of phenols is 1. The number of aromatic hydroxyl groups is 1. The van der Waals surface area contributed by atoms with Crippen molar-refractivity contribution in [3.8, 4) is 16.9 Å². The molecule has 2 heterocycles. The number of para-hydroxylation sites is 1. The maximum Gasteiger partial charge on any atom is 0.230 e. The van der Waals surface area contributed by atoms with Gasteiger partial charge in [-0.2, -0.15) is 5.10 Å². The molecule has 3 N–H and O–H groups in total. The Morgan fingerprint density at radius 3 is 2.30 bits per heavy atom. The number of hydrogen-bond donors (Lipinski definition) is 3. The molecule has 0 unspecified atom stereocenters. The number of rotatable bonds is 8. The number of amides is 1. The molecular formula is C33H31BrN4O2. The summed E-state index contributed by atoms with van der Waals surface area (Å²) in [5, 5.41) is 21.6. The monoisotopic (exact) mass is 594 g/mol. The lowest BCUT2D eigenvalue weighted by Crippen LogP contribution is -2.42. The van der Waals surface area contributed by atoms with E-state index in [1.807, 2.05) is 53.0 Å². The van der Waals surface area contributed by atoms with Gasteiger partial charge in [-0.15, -0.1) is 0 Å². The molecular weight excluding hydrogens is 564 g/mol. The number of hydrogen-bond acceptors (Lipinski definition) is 4. The van der Waals surface area contributed by atoms with Gasteiger partial charge in [0.15, 0.2) is 0 Å². The average molecular weight is 596 g/mol. The lowest BCUT2D eigenvalue weighted by Gasteiger charge is -2.28. The summed E-state index contributed by atoms with van der Waals surface area (Å²) in [4.78, 5) is 13.4. The van der Waals surface area contributed by atoms with Gasteiger partial charge in [0, 0.05) is 18.7 Å². The third-order valence-electron chi connectivity index (χ3n) is 7.95. The van der Waals surface area contributed by atoms with Crippen molar-refractivity contribution in [2.24, 2.45) is 0 Å². The van der Waals surface area contributed by atoms with Gasteiger partial charge >= 0.3 is 0 Å². The molecule has 2 aromatic heterocycles. The van der Waals surface area contributed by atoms with E-state index in [2.05, 4.69) is 68.1 Å². The van der Waals surface area contributed by atoms with Crippen LogP contribution in [0.1, 0.15) is 42.4 Å². The number of nitrogens with one attached hydrogen (secondary N) is 2. The summed E-state index contributed by atoms with van der Waals surface area (Å²) < 4.78 is 2.73. The summed E-state index contributed by atoms with van der Waals surface area (Å²) in [5.41, 5.74) is 5.46. The van der Waals surface area contributed by atoms with E-state index >= 15 is 0 Å². The Balaban J connectivity index is 1.14. The number of carbonyl (C=O) groups excluding carboxylic acids is 1. The van der Waals surface area contributed by atoms with Crippen molar-refractivity contribution in [1.82, 2.24) is 14.9 Å². The third kappa shape index (κ3) is 5.09. The number of anilines is 1. The SMILES string of the molecule is O=C(NCc1ccc(CNc2cc(-c3ccccc3O)cc3c(Br)cnn23)cc1)C1(c2ccccc2)CCCC1. The predicted octanol–water partition coefficient (Wildman–Crippen LogP) is 7.21. The number of phenolic OH excluding ortho intramolecular Hbond substituents is 1. The molecule has 0 aliphatic heterocycles. The number of fused-ring (bicyclic) bond motifs is 1. The van der Waals surface area contributed by atoms with E-state index in [1.165, 1.54) is 0 Å². The molecule has 1 saturated carbocycles. The molecule has 1 aliphatic carbocycles. The predicted molar refractivity (Wildman–Crippen MR) is 162 cm³/mol. The zero-order valence-electron chi connectivity index (χ0n) is 22.1. The Bertz CT molecular complexity index is 1640. The number of halogens is 1. The summed E-state index contributed by atoms with van der Waals surface area (Å²) in [6.07, 6.45) is 5.74. The van der Waals surface area contributed by atoms with Gasteiger partial charge in [-0.05, 0) is 69.2 Å². The van der Waals surface area contributed by atoms with Gasteiger partial charge in [0.25, 0.3) is 0 Å². The van der Waals surface area contributed by atoms with Crippen LogP contribution in [-0.2, 0) is 23.3 Å². The van der Waals surface area contributed by atoms with Crippen molar-refractivity contribution in [2.75, 3.05) is 5.32 Å². The van der Waals surface area contributed by atoms with E-state index in [0.717, 1.165) is 69.3 Å². The van der Waals surface area contributed by atoms with E-state index in [0.29, 0.717) is 13.1 Å².